The maximum absolute atomic E-state index is 12.1. The molecule has 1 amide bonds. The van der Waals surface area contributed by atoms with Crippen molar-refractivity contribution in [2.75, 3.05) is 25.0 Å². The maximum atomic E-state index is 12.1. The molecule has 6 nitrogen and oxygen atoms in total. The molecule has 1 aromatic heterocycles. The molecular formula is C14H22N4O2. The van der Waals surface area contributed by atoms with Crippen molar-refractivity contribution in [2.24, 2.45) is 13.0 Å². The summed E-state index contributed by atoms with van der Waals surface area (Å²) in [6.45, 7) is 5.40. The molecule has 1 aliphatic heterocycles. The van der Waals surface area contributed by atoms with Crippen LogP contribution in [-0.2, 0) is 11.8 Å². The van der Waals surface area contributed by atoms with E-state index in [-0.39, 0.29) is 5.91 Å². The van der Waals surface area contributed by atoms with Crippen LogP contribution in [0.1, 0.15) is 24.2 Å². The first-order valence-corrected chi connectivity index (χ1v) is 7.14. The molecule has 2 N–H and O–H groups in total. The monoisotopic (exact) mass is 278 g/mol. The second kappa shape index (κ2) is 4.56. The number of anilines is 1. The summed E-state index contributed by atoms with van der Waals surface area (Å²) >= 11 is 0. The number of likely N-dealkylation sites (tertiary alicyclic amines) is 1. The van der Waals surface area contributed by atoms with Gasteiger partial charge in [0.15, 0.2) is 0 Å². The minimum atomic E-state index is -0.527. The number of β-amino-alcohol motifs (C(OH)–C–C–N with tert-alkyl or cyclic N) is 1. The molecule has 1 aliphatic carbocycles. The fraction of sp³-hybridized carbons (Fsp3) is 0.714. The van der Waals surface area contributed by atoms with Gasteiger partial charge in [-0.1, -0.05) is 0 Å². The number of hydrogen-bond acceptors (Lipinski definition) is 4. The second-order valence-electron chi connectivity index (χ2n) is 6.24. The van der Waals surface area contributed by atoms with Gasteiger partial charge >= 0.3 is 0 Å². The van der Waals surface area contributed by atoms with E-state index >= 15 is 0 Å². The number of hydrogen-bond donors (Lipinski definition) is 2. The van der Waals surface area contributed by atoms with E-state index in [1.165, 1.54) is 0 Å². The van der Waals surface area contributed by atoms with Crippen LogP contribution in [-0.4, -0.2) is 50.9 Å². The average molecular weight is 278 g/mol. The zero-order valence-corrected chi connectivity index (χ0v) is 12.3. The SMILES string of the molecule is Cc1nn(C)c(C)c1NC(=O)CN1CC(O)(C2CC2)C1. The van der Waals surface area contributed by atoms with Crippen LogP contribution in [0.15, 0.2) is 0 Å². The van der Waals surface area contributed by atoms with Gasteiger partial charge in [0.25, 0.3) is 0 Å². The lowest BCUT2D eigenvalue weighted by Crippen LogP contribution is -2.64. The predicted octanol–water partition coefficient (Wildman–Crippen LogP) is 0.432. The van der Waals surface area contributed by atoms with Crippen LogP contribution < -0.4 is 5.32 Å². The summed E-state index contributed by atoms with van der Waals surface area (Å²) in [6, 6.07) is 0. The van der Waals surface area contributed by atoms with Crippen molar-refractivity contribution < 1.29 is 9.90 Å². The van der Waals surface area contributed by atoms with Gasteiger partial charge in [-0.2, -0.15) is 5.10 Å². The lowest BCUT2D eigenvalue weighted by atomic mass is 9.89. The van der Waals surface area contributed by atoms with Crippen molar-refractivity contribution in [3.8, 4) is 0 Å². The number of nitrogens with one attached hydrogen (secondary N) is 1. The van der Waals surface area contributed by atoms with Crippen LogP contribution in [0.3, 0.4) is 0 Å². The molecule has 0 aromatic carbocycles. The van der Waals surface area contributed by atoms with Gasteiger partial charge in [0, 0.05) is 20.1 Å². The first-order chi connectivity index (χ1) is 9.39. The zero-order valence-electron chi connectivity index (χ0n) is 12.3. The van der Waals surface area contributed by atoms with Crippen LogP contribution in [0.5, 0.6) is 0 Å². The van der Waals surface area contributed by atoms with E-state index in [0.29, 0.717) is 25.6 Å². The summed E-state index contributed by atoms with van der Waals surface area (Å²) in [7, 11) is 1.86. The Morgan fingerprint density at radius 2 is 2.10 bits per heavy atom. The summed E-state index contributed by atoms with van der Waals surface area (Å²) in [5, 5.41) is 17.4. The summed E-state index contributed by atoms with van der Waals surface area (Å²) in [4.78, 5) is 14.0. The van der Waals surface area contributed by atoms with Crippen molar-refractivity contribution in [2.45, 2.75) is 32.3 Å². The molecule has 2 aliphatic rings. The molecule has 2 fully saturated rings. The molecule has 0 bridgehead atoms. The predicted molar refractivity (Wildman–Crippen MR) is 75.4 cm³/mol. The molecule has 1 aromatic rings. The minimum Gasteiger partial charge on any atom is -0.387 e. The van der Waals surface area contributed by atoms with Crippen molar-refractivity contribution in [1.82, 2.24) is 14.7 Å². The van der Waals surface area contributed by atoms with E-state index in [1.807, 2.05) is 25.8 Å². The number of amides is 1. The van der Waals surface area contributed by atoms with Crippen LogP contribution in [0.25, 0.3) is 0 Å². The standard InChI is InChI=1S/C14H22N4O2/c1-9-13(10(2)17(3)16-9)15-12(19)6-18-7-14(20,8-18)11-4-5-11/h11,20H,4-8H2,1-3H3,(H,15,19). The van der Waals surface area contributed by atoms with E-state index in [0.717, 1.165) is 29.9 Å². The molecule has 0 radical (unpaired) electrons. The normalized spacial score (nSPS) is 21.6. The van der Waals surface area contributed by atoms with Crippen LogP contribution in [0.4, 0.5) is 5.69 Å². The number of carbonyl (C=O) groups is 1. The molecule has 20 heavy (non-hydrogen) atoms. The highest BCUT2D eigenvalue weighted by Crippen LogP contribution is 2.44. The average Bonchev–Trinajstić information content (AvgIpc) is 3.13. The quantitative estimate of drug-likeness (QED) is 0.838. The van der Waals surface area contributed by atoms with E-state index < -0.39 is 5.60 Å². The molecule has 0 spiro atoms. The summed E-state index contributed by atoms with van der Waals surface area (Å²) in [5.74, 6) is 0.423. The van der Waals surface area contributed by atoms with Gasteiger partial charge < -0.3 is 10.4 Å². The molecule has 0 atom stereocenters. The van der Waals surface area contributed by atoms with Gasteiger partial charge in [-0.3, -0.25) is 14.4 Å². The molecule has 1 saturated carbocycles. The maximum Gasteiger partial charge on any atom is 0.238 e. The third-order valence-electron chi connectivity index (χ3n) is 4.47. The molecule has 110 valence electrons. The van der Waals surface area contributed by atoms with E-state index in [2.05, 4.69) is 10.4 Å². The Balaban J connectivity index is 1.53. The Labute approximate surface area is 118 Å². The fourth-order valence-corrected chi connectivity index (χ4v) is 3.06. The molecule has 1 saturated heterocycles. The van der Waals surface area contributed by atoms with Crippen LogP contribution in [0, 0.1) is 19.8 Å². The second-order valence-corrected chi connectivity index (χ2v) is 6.24. The number of aromatic nitrogens is 2. The molecular weight excluding hydrogens is 256 g/mol. The van der Waals surface area contributed by atoms with Crippen molar-refractivity contribution in [3.05, 3.63) is 11.4 Å². The number of aliphatic hydroxyl groups is 1. The Morgan fingerprint density at radius 3 is 2.60 bits per heavy atom. The van der Waals surface area contributed by atoms with E-state index in [1.54, 1.807) is 4.68 Å². The van der Waals surface area contributed by atoms with Gasteiger partial charge in [-0.25, -0.2) is 0 Å². The number of carbonyl (C=O) groups excluding carboxylic acids is 1. The first-order valence-electron chi connectivity index (χ1n) is 7.14. The van der Waals surface area contributed by atoms with E-state index in [4.69, 9.17) is 0 Å². The van der Waals surface area contributed by atoms with Gasteiger partial charge in [-0.15, -0.1) is 0 Å². The van der Waals surface area contributed by atoms with Gasteiger partial charge in [0.05, 0.1) is 29.2 Å². The fourth-order valence-electron chi connectivity index (χ4n) is 3.06. The lowest BCUT2D eigenvalue weighted by molar-refractivity contribution is -0.132. The highest BCUT2D eigenvalue weighted by molar-refractivity contribution is 5.93. The third kappa shape index (κ3) is 2.33. The van der Waals surface area contributed by atoms with Gasteiger partial charge in [0.1, 0.15) is 0 Å². The van der Waals surface area contributed by atoms with E-state index in [9.17, 15) is 9.90 Å². The van der Waals surface area contributed by atoms with Crippen molar-refractivity contribution >= 4 is 11.6 Å². The molecule has 2 heterocycles. The highest BCUT2D eigenvalue weighted by atomic mass is 16.3. The largest absolute Gasteiger partial charge is 0.387 e. The summed E-state index contributed by atoms with van der Waals surface area (Å²) in [5.41, 5.74) is 2.06. The molecule has 3 rings (SSSR count). The van der Waals surface area contributed by atoms with Gasteiger partial charge in [0.2, 0.25) is 5.91 Å². The number of rotatable bonds is 4. The number of nitrogens with zero attached hydrogens (tertiary/aromatic N) is 3. The Hall–Kier alpha value is -1.40. The van der Waals surface area contributed by atoms with Crippen molar-refractivity contribution in [3.63, 3.8) is 0 Å². The Kier molecular flexibility index (Phi) is 3.10. The van der Waals surface area contributed by atoms with Crippen LogP contribution in [0.2, 0.25) is 0 Å². The third-order valence-corrected chi connectivity index (χ3v) is 4.47. The smallest absolute Gasteiger partial charge is 0.238 e. The van der Waals surface area contributed by atoms with Crippen LogP contribution >= 0.6 is 0 Å². The zero-order chi connectivity index (χ0) is 14.5. The molecule has 6 heteroatoms. The van der Waals surface area contributed by atoms with Crippen molar-refractivity contribution in [1.29, 1.82) is 0 Å². The highest BCUT2D eigenvalue weighted by Gasteiger charge is 2.51. The first kappa shape index (κ1) is 13.6. The number of aryl methyl sites for hydroxylation is 2. The molecule has 0 unspecified atom stereocenters. The van der Waals surface area contributed by atoms with Gasteiger partial charge in [-0.05, 0) is 32.6 Å². The minimum absolute atomic E-state index is 0.0398. The Bertz CT molecular complexity index is 542. The summed E-state index contributed by atoms with van der Waals surface area (Å²) < 4.78 is 1.76. The summed E-state index contributed by atoms with van der Waals surface area (Å²) in [6.07, 6.45) is 2.26. The lowest BCUT2D eigenvalue weighted by Gasteiger charge is -2.46. The Morgan fingerprint density at radius 1 is 1.45 bits per heavy atom. The topological polar surface area (TPSA) is 70.4 Å².